The minimum Gasteiger partial charge on any atom is -0.464 e. The summed E-state index contributed by atoms with van der Waals surface area (Å²) < 4.78 is 4.62. The number of nitrogens with one attached hydrogen (secondary N) is 1. The second-order valence-corrected chi connectivity index (χ2v) is 3.95. The molecule has 0 fully saturated rings. The first-order valence-electron chi connectivity index (χ1n) is 5.86. The summed E-state index contributed by atoms with van der Waals surface area (Å²) in [5, 5.41) is 22.1. The zero-order valence-corrected chi connectivity index (χ0v) is 10.8. The normalized spacial score (nSPS) is 13.5. The van der Waals surface area contributed by atoms with Gasteiger partial charge in [-0.2, -0.15) is 0 Å². The standard InChI is InChI=1S/C13H17NO5/c1-3-19-13(18)12(17)11(16)9-5-4-6-10(7-9)14-8(2)15/h4-7,11-12,16-17H,3H2,1-2H3,(H,14,15). The average Bonchev–Trinajstić information content (AvgIpc) is 2.36. The zero-order chi connectivity index (χ0) is 14.4. The fraction of sp³-hybridized carbons (Fsp3) is 0.385. The first-order chi connectivity index (χ1) is 8.95. The summed E-state index contributed by atoms with van der Waals surface area (Å²) in [5.74, 6) is -1.14. The van der Waals surface area contributed by atoms with E-state index in [-0.39, 0.29) is 12.5 Å². The maximum Gasteiger partial charge on any atom is 0.338 e. The van der Waals surface area contributed by atoms with Crippen LogP contribution in [0, 0.1) is 0 Å². The second-order valence-electron chi connectivity index (χ2n) is 3.95. The van der Waals surface area contributed by atoms with Crippen LogP contribution in [0.5, 0.6) is 0 Å². The number of ether oxygens (including phenoxy) is 1. The number of benzene rings is 1. The Morgan fingerprint density at radius 1 is 1.37 bits per heavy atom. The maximum absolute atomic E-state index is 11.3. The monoisotopic (exact) mass is 267 g/mol. The molecule has 0 radical (unpaired) electrons. The Kier molecular flexibility index (Phi) is 5.47. The zero-order valence-electron chi connectivity index (χ0n) is 10.8. The molecule has 1 aromatic rings. The number of hydrogen-bond acceptors (Lipinski definition) is 5. The van der Waals surface area contributed by atoms with E-state index in [1.807, 2.05) is 0 Å². The molecule has 19 heavy (non-hydrogen) atoms. The van der Waals surface area contributed by atoms with Crippen molar-refractivity contribution in [3.05, 3.63) is 29.8 Å². The van der Waals surface area contributed by atoms with Gasteiger partial charge in [0.05, 0.1) is 6.61 Å². The Labute approximate surface area is 111 Å². The van der Waals surface area contributed by atoms with E-state index >= 15 is 0 Å². The molecule has 1 aromatic carbocycles. The van der Waals surface area contributed by atoms with Crippen molar-refractivity contribution < 1.29 is 24.5 Å². The molecule has 0 heterocycles. The summed E-state index contributed by atoms with van der Waals surface area (Å²) in [6.07, 6.45) is -3.07. The number of carbonyl (C=O) groups is 2. The van der Waals surface area contributed by atoms with E-state index in [9.17, 15) is 19.8 Å². The maximum atomic E-state index is 11.3. The first-order valence-corrected chi connectivity index (χ1v) is 5.86. The molecule has 6 heteroatoms. The molecule has 3 N–H and O–H groups in total. The molecular weight excluding hydrogens is 250 g/mol. The number of aliphatic hydroxyl groups excluding tert-OH is 2. The summed E-state index contributed by atoms with van der Waals surface area (Å²) in [5.41, 5.74) is 0.784. The van der Waals surface area contributed by atoms with E-state index in [1.54, 1.807) is 25.1 Å². The number of hydrogen-bond donors (Lipinski definition) is 3. The lowest BCUT2D eigenvalue weighted by Gasteiger charge is -2.17. The highest BCUT2D eigenvalue weighted by Gasteiger charge is 2.26. The molecule has 104 valence electrons. The van der Waals surface area contributed by atoms with Gasteiger partial charge in [-0.25, -0.2) is 4.79 Å². The van der Waals surface area contributed by atoms with Crippen molar-refractivity contribution in [1.82, 2.24) is 0 Å². The van der Waals surface area contributed by atoms with Crippen molar-refractivity contribution >= 4 is 17.6 Å². The molecule has 6 nitrogen and oxygen atoms in total. The van der Waals surface area contributed by atoms with Gasteiger partial charge in [0.15, 0.2) is 6.10 Å². The van der Waals surface area contributed by atoms with Gasteiger partial charge in [0.25, 0.3) is 0 Å². The second kappa shape index (κ2) is 6.86. The molecule has 0 aliphatic carbocycles. The van der Waals surface area contributed by atoms with Gasteiger partial charge in [-0.05, 0) is 24.6 Å². The molecule has 0 bridgehead atoms. The molecule has 1 rings (SSSR count). The minimum atomic E-state index is -1.66. The summed E-state index contributed by atoms with van der Waals surface area (Å²) >= 11 is 0. The van der Waals surface area contributed by atoms with E-state index in [4.69, 9.17) is 0 Å². The van der Waals surface area contributed by atoms with Crippen LogP contribution in [0.15, 0.2) is 24.3 Å². The minimum absolute atomic E-state index is 0.120. The summed E-state index contributed by atoms with van der Waals surface area (Å²) in [6.45, 7) is 3.08. The molecule has 0 aliphatic rings. The Morgan fingerprint density at radius 3 is 2.63 bits per heavy atom. The van der Waals surface area contributed by atoms with Crippen molar-refractivity contribution in [2.45, 2.75) is 26.1 Å². The molecule has 2 atom stereocenters. The molecule has 0 saturated heterocycles. The lowest BCUT2D eigenvalue weighted by molar-refractivity contribution is -0.159. The largest absolute Gasteiger partial charge is 0.464 e. The molecule has 0 spiro atoms. The summed E-state index contributed by atoms with van der Waals surface area (Å²) in [4.78, 5) is 22.2. The van der Waals surface area contributed by atoms with Crippen molar-refractivity contribution in [3.8, 4) is 0 Å². The Balaban J connectivity index is 2.84. The van der Waals surface area contributed by atoms with Gasteiger partial charge < -0.3 is 20.3 Å². The van der Waals surface area contributed by atoms with E-state index in [2.05, 4.69) is 10.1 Å². The first kappa shape index (κ1) is 15.1. The molecule has 0 aromatic heterocycles. The number of carbonyl (C=O) groups excluding carboxylic acids is 2. The third-order valence-electron chi connectivity index (χ3n) is 2.38. The van der Waals surface area contributed by atoms with Crippen LogP contribution < -0.4 is 5.32 Å². The predicted molar refractivity (Wildman–Crippen MR) is 68.3 cm³/mol. The average molecular weight is 267 g/mol. The fourth-order valence-electron chi connectivity index (χ4n) is 1.54. The SMILES string of the molecule is CCOC(=O)C(O)C(O)c1cccc(NC(C)=O)c1. The molecule has 2 unspecified atom stereocenters. The molecule has 1 amide bonds. The van der Waals surface area contributed by atoms with Gasteiger partial charge in [-0.1, -0.05) is 12.1 Å². The highest BCUT2D eigenvalue weighted by atomic mass is 16.5. The quantitative estimate of drug-likeness (QED) is 0.679. The lowest BCUT2D eigenvalue weighted by Crippen LogP contribution is -2.29. The summed E-state index contributed by atoms with van der Waals surface area (Å²) in [7, 11) is 0. The van der Waals surface area contributed by atoms with Gasteiger partial charge in [0.1, 0.15) is 6.10 Å². The third-order valence-corrected chi connectivity index (χ3v) is 2.38. The number of rotatable bonds is 5. The molecular formula is C13H17NO5. The Morgan fingerprint density at radius 2 is 2.05 bits per heavy atom. The van der Waals surface area contributed by atoms with Crippen LogP contribution in [-0.4, -0.2) is 34.8 Å². The van der Waals surface area contributed by atoms with Crippen LogP contribution in [0.1, 0.15) is 25.5 Å². The lowest BCUT2D eigenvalue weighted by atomic mass is 10.0. The van der Waals surface area contributed by atoms with Gasteiger partial charge in [0, 0.05) is 12.6 Å². The third kappa shape index (κ3) is 4.35. The van der Waals surface area contributed by atoms with E-state index in [1.165, 1.54) is 13.0 Å². The van der Waals surface area contributed by atoms with Crippen molar-refractivity contribution in [2.75, 3.05) is 11.9 Å². The highest BCUT2D eigenvalue weighted by Crippen LogP contribution is 2.21. The number of amides is 1. The Bertz CT molecular complexity index is 460. The van der Waals surface area contributed by atoms with Crippen LogP contribution in [-0.2, 0) is 14.3 Å². The van der Waals surface area contributed by atoms with E-state index in [0.29, 0.717) is 11.3 Å². The summed E-state index contributed by atoms with van der Waals surface area (Å²) in [6, 6.07) is 6.25. The van der Waals surface area contributed by atoms with Gasteiger partial charge in [-0.15, -0.1) is 0 Å². The van der Waals surface area contributed by atoms with Gasteiger partial charge in [0.2, 0.25) is 5.91 Å². The number of esters is 1. The van der Waals surface area contributed by atoms with Crippen molar-refractivity contribution in [1.29, 1.82) is 0 Å². The van der Waals surface area contributed by atoms with Crippen LogP contribution in [0.25, 0.3) is 0 Å². The smallest absolute Gasteiger partial charge is 0.338 e. The highest BCUT2D eigenvalue weighted by molar-refractivity contribution is 5.88. The van der Waals surface area contributed by atoms with Crippen LogP contribution in [0.2, 0.25) is 0 Å². The van der Waals surface area contributed by atoms with Crippen LogP contribution in [0.4, 0.5) is 5.69 Å². The van der Waals surface area contributed by atoms with Crippen LogP contribution in [0.3, 0.4) is 0 Å². The fourth-order valence-corrected chi connectivity index (χ4v) is 1.54. The Hall–Kier alpha value is -1.92. The molecule has 0 saturated carbocycles. The van der Waals surface area contributed by atoms with Gasteiger partial charge in [-0.3, -0.25) is 4.79 Å². The topological polar surface area (TPSA) is 95.9 Å². The van der Waals surface area contributed by atoms with E-state index in [0.717, 1.165) is 0 Å². The predicted octanol–water partition coefficient (Wildman–Crippen LogP) is 0.602. The van der Waals surface area contributed by atoms with E-state index < -0.39 is 18.2 Å². The van der Waals surface area contributed by atoms with Crippen LogP contribution >= 0.6 is 0 Å². The van der Waals surface area contributed by atoms with Crippen molar-refractivity contribution in [2.24, 2.45) is 0 Å². The van der Waals surface area contributed by atoms with Crippen molar-refractivity contribution in [3.63, 3.8) is 0 Å². The number of anilines is 1. The number of aliphatic hydroxyl groups is 2. The van der Waals surface area contributed by atoms with Gasteiger partial charge >= 0.3 is 5.97 Å². The molecule has 0 aliphatic heterocycles.